The van der Waals surface area contributed by atoms with Crippen molar-refractivity contribution in [2.45, 2.75) is 33.1 Å². The first kappa shape index (κ1) is 17.5. The van der Waals surface area contributed by atoms with Crippen LogP contribution >= 0.6 is 0 Å². The lowest BCUT2D eigenvalue weighted by molar-refractivity contribution is 0.0953. The number of ketones is 1. The van der Waals surface area contributed by atoms with Crippen LogP contribution in [0.25, 0.3) is 5.69 Å². The summed E-state index contributed by atoms with van der Waals surface area (Å²) in [6.45, 7) is 4.18. The third kappa shape index (κ3) is 3.37. The predicted octanol–water partition coefficient (Wildman–Crippen LogP) is 5.08. The van der Waals surface area contributed by atoms with Gasteiger partial charge in [-0.3, -0.25) is 4.79 Å². The van der Waals surface area contributed by atoms with Crippen LogP contribution in [0.1, 0.15) is 41.9 Å². The quantitative estimate of drug-likeness (QED) is 0.703. The number of nitrogens with one attached hydrogen (secondary N) is 1. The third-order valence-corrected chi connectivity index (χ3v) is 5.03. The lowest BCUT2D eigenvalue weighted by Gasteiger charge is -2.19. The van der Waals surface area contributed by atoms with Gasteiger partial charge in [-0.2, -0.15) is 0 Å². The van der Waals surface area contributed by atoms with Crippen LogP contribution in [-0.2, 0) is 12.8 Å². The molecule has 0 radical (unpaired) electrons. The molecule has 0 aliphatic heterocycles. The number of anilines is 2. The van der Waals surface area contributed by atoms with E-state index in [9.17, 15) is 9.18 Å². The molecule has 0 unspecified atom stereocenters. The molecule has 0 saturated carbocycles. The first-order valence-electron chi connectivity index (χ1n) is 9.32. The number of rotatable bonds is 4. The van der Waals surface area contributed by atoms with Crippen molar-refractivity contribution in [3.63, 3.8) is 0 Å². The largest absolute Gasteiger partial charge is 0.338 e. The second-order valence-corrected chi connectivity index (χ2v) is 7.17. The average molecular weight is 363 g/mol. The van der Waals surface area contributed by atoms with Gasteiger partial charge in [0.2, 0.25) is 0 Å². The molecule has 0 bridgehead atoms. The van der Waals surface area contributed by atoms with Gasteiger partial charge in [-0.05, 0) is 60.7 Å². The van der Waals surface area contributed by atoms with Crippen molar-refractivity contribution in [3.05, 3.63) is 71.2 Å². The van der Waals surface area contributed by atoms with Gasteiger partial charge in [0.1, 0.15) is 5.82 Å². The number of fused-ring (bicyclic) bond motifs is 1. The number of aromatic nitrogens is 2. The van der Waals surface area contributed by atoms with E-state index in [1.807, 2.05) is 12.1 Å². The Balaban J connectivity index is 1.78. The van der Waals surface area contributed by atoms with Crippen LogP contribution < -0.4 is 5.32 Å². The minimum absolute atomic E-state index is 0.102. The van der Waals surface area contributed by atoms with Crippen molar-refractivity contribution in [1.29, 1.82) is 0 Å². The van der Waals surface area contributed by atoms with Crippen LogP contribution in [0.5, 0.6) is 0 Å². The molecule has 1 atom stereocenters. The fraction of sp³-hybridized carbons (Fsp3) is 0.273. The van der Waals surface area contributed by atoms with Crippen LogP contribution in [0.3, 0.4) is 0 Å². The number of benzene rings is 2. The number of carbonyl (C=O) groups is 1. The summed E-state index contributed by atoms with van der Waals surface area (Å²) in [6, 6.07) is 14.3. The fourth-order valence-corrected chi connectivity index (χ4v) is 3.60. The Morgan fingerprint density at radius 2 is 1.81 bits per heavy atom. The molecule has 1 aromatic heterocycles. The molecule has 5 heteroatoms. The van der Waals surface area contributed by atoms with Crippen molar-refractivity contribution in [1.82, 2.24) is 9.78 Å². The first-order valence-corrected chi connectivity index (χ1v) is 9.32. The van der Waals surface area contributed by atoms with Crippen LogP contribution in [-0.4, -0.2) is 15.6 Å². The number of carbonyl (C=O) groups excluding carboxylic acids is 1. The lowest BCUT2D eigenvalue weighted by Crippen LogP contribution is -2.19. The Hall–Kier alpha value is -2.95. The van der Waals surface area contributed by atoms with E-state index < -0.39 is 0 Å². The van der Waals surface area contributed by atoms with E-state index in [1.54, 1.807) is 16.8 Å². The van der Waals surface area contributed by atoms with Gasteiger partial charge in [0.15, 0.2) is 11.6 Å². The highest BCUT2D eigenvalue weighted by Crippen LogP contribution is 2.33. The molecule has 3 aromatic rings. The van der Waals surface area contributed by atoms with Crippen molar-refractivity contribution in [2.24, 2.45) is 5.92 Å². The molecule has 1 aliphatic rings. The number of nitrogens with zero attached hydrogens (tertiary/aromatic N) is 2. The molecule has 0 saturated heterocycles. The summed E-state index contributed by atoms with van der Waals surface area (Å²) in [6.07, 6.45) is 2.26. The summed E-state index contributed by atoms with van der Waals surface area (Å²) >= 11 is 0. The van der Waals surface area contributed by atoms with E-state index in [1.165, 1.54) is 17.7 Å². The Kier molecular flexibility index (Phi) is 4.52. The number of aryl methyl sites for hydroxylation is 1. The smallest absolute Gasteiger partial charge is 0.168 e. The van der Waals surface area contributed by atoms with Crippen molar-refractivity contribution < 1.29 is 9.18 Å². The topological polar surface area (TPSA) is 46.9 Å². The maximum atomic E-state index is 13.3. The minimum atomic E-state index is -0.293. The number of hydrogen-bond acceptors (Lipinski definition) is 3. The van der Waals surface area contributed by atoms with Crippen LogP contribution in [0.2, 0.25) is 0 Å². The Labute approximate surface area is 158 Å². The van der Waals surface area contributed by atoms with E-state index in [4.69, 9.17) is 0 Å². The Morgan fingerprint density at radius 3 is 2.48 bits per heavy atom. The van der Waals surface area contributed by atoms with Crippen molar-refractivity contribution in [3.8, 4) is 5.69 Å². The van der Waals surface area contributed by atoms with Gasteiger partial charge in [-0.15, -0.1) is 5.10 Å². The summed E-state index contributed by atoms with van der Waals surface area (Å²) in [5, 5.41) is 7.98. The van der Waals surface area contributed by atoms with Crippen LogP contribution in [0.4, 0.5) is 15.9 Å². The fourth-order valence-electron chi connectivity index (χ4n) is 3.60. The summed E-state index contributed by atoms with van der Waals surface area (Å²) in [7, 11) is 0. The van der Waals surface area contributed by atoms with Gasteiger partial charge >= 0.3 is 0 Å². The summed E-state index contributed by atoms with van der Waals surface area (Å²) < 4.78 is 15.1. The molecular formula is C22H22FN3O. The molecule has 4 nitrogen and oxygen atoms in total. The molecule has 2 aromatic carbocycles. The molecule has 0 spiro atoms. The van der Waals surface area contributed by atoms with E-state index in [2.05, 4.69) is 36.4 Å². The molecule has 138 valence electrons. The minimum Gasteiger partial charge on any atom is -0.338 e. The molecule has 27 heavy (non-hydrogen) atoms. The second kappa shape index (κ2) is 6.99. The van der Waals surface area contributed by atoms with E-state index in [-0.39, 0.29) is 17.5 Å². The maximum Gasteiger partial charge on any atom is 0.168 e. The molecular weight excluding hydrogens is 341 g/mol. The highest BCUT2D eigenvalue weighted by molar-refractivity contribution is 6.03. The van der Waals surface area contributed by atoms with Crippen LogP contribution in [0.15, 0.2) is 48.5 Å². The van der Waals surface area contributed by atoms with Gasteiger partial charge in [0.25, 0.3) is 0 Å². The van der Waals surface area contributed by atoms with E-state index >= 15 is 0 Å². The summed E-state index contributed by atoms with van der Waals surface area (Å²) in [5.41, 5.74) is 4.44. The lowest BCUT2D eigenvalue weighted by atomic mass is 9.87. The normalized spacial score (nSPS) is 16.3. The number of hydrogen-bond donors (Lipinski definition) is 1. The summed E-state index contributed by atoms with van der Waals surface area (Å²) in [4.78, 5) is 12.8. The zero-order valence-electron chi connectivity index (χ0n) is 15.5. The zero-order chi connectivity index (χ0) is 19.0. The monoisotopic (exact) mass is 363 g/mol. The van der Waals surface area contributed by atoms with E-state index in [0.29, 0.717) is 17.8 Å². The third-order valence-electron chi connectivity index (χ3n) is 5.03. The van der Waals surface area contributed by atoms with Gasteiger partial charge < -0.3 is 5.32 Å². The maximum absolute atomic E-state index is 13.3. The highest BCUT2D eigenvalue weighted by Gasteiger charge is 2.31. The zero-order valence-corrected chi connectivity index (χ0v) is 15.5. The Morgan fingerprint density at radius 1 is 1.11 bits per heavy atom. The van der Waals surface area contributed by atoms with Gasteiger partial charge in [0, 0.05) is 12.1 Å². The average Bonchev–Trinajstić information content (AvgIpc) is 3.01. The van der Waals surface area contributed by atoms with Gasteiger partial charge in [-0.1, -0.05) is 26.0 Å². The van der Waals surface area contributed by atoms with Crippen molar-refractivity contribution >= 4 is 17.3 Å². The van der Waals surface area contributed by atoms with E-state index in [0.717, 1.165) is 29.9 Å². The molecule has 1 aliphatic carbocycles. The van der Waals surface area contributed by atoms with Crippen LogP contribution in [0, 0.1) is 11.7 Å². The molecule has 1 N–H and O–H groups in total. The SMILES string of the molecule is CCc1ccc(Nc2nn(-c3ccc(F)cc3)c3c2C(=O)C[C@@H](C)C3)cc1. The van der Waals surface area contributed by atoms with Crippen molar-refractivity contribution in [2.75, 3.05) is 5.32 Å². The second-order valence-electron chi connectivity index (χ2n) is 7.17. The molecule has 4 rings (SSSR count). The molecule has 0 fully saturated rings. The first-order chi connectivity index (χ1) is 13.0. The molecule has 0 amide bonds. The Bertz CT molecular complexity index is 974. The standard InChI is InChI=1S/C22H22FN3O/c1-3-15-4-8-17(9-5-15)24-22-21-19(12-14(2)13-20(21)27)26(25-22)18-10-6-16(23)7-11-18/h4-11,14H,3,12-13H2,1-2H3,(H,24,25)/t14-/m0/s1. The van der Waals surface area contributed by atoms with Gasteiger partial charge in [0.05, 0.1) is 16.9 Å². The van der Waals surface area contributed by atoms with Gasteiger partial charge in [-0.25, -0.2) is 9.07 Å². The number of halogens is 1. The summed E-state index contributed by atoms with van der Waals surface area (Å²) in [5.74, 6) is 0.636. The highest BCUT2D eigenvalue weighted by atomic mass is 19.1. The number of Topliss-reactive ketones (excluding diaryl/α,β-unsaturated/α-hetero) is 1. The predicted molar refractivity (Wildman–Crippen MR) is 104 cm³/mol. The molecule has 1 heterocycles.